The second kappa shape index (κ2) is 12.6. The zero-order valence-electron chi connectivity index (χ0n) is 20.2. The maximum atomic E-state index is 13.7. The number of furan rings is 1. The first kappa shape index (κ1) is 25.9. The van der Waals surface area contributed by atoms with E-state index in [1.807, 2.05) is 0 Å². The molecule has 9 heteroatoms. The third-order valence-corrected chi connectivity index (χ3v) is 6.04. The van der Waals surface area contributed by atoms with Gasteiger partial charge in [0.1, 0.15) is 17.5 Å². The van der Waals surface area contributed by atoms with Crippen molar-refractivity contribution in [3.05, 3.63) is 60.6 Å². The van der Waals surface area contributed by atoms with Gasteiger partial charge in [0.2, 0.25) is 11.8 Å². The van der Waals surface area contributed by atoms with Gasteiger partial charge in [0.15, 0.2) is 5.76 Å². The summed E-state index contributed by atoms with van der Waals surface area (Å²) in [4.78, 5) is 40.7. The number of amides is 3. The topological polar surface area (TPSA) is 110 Å². The van der Waals surface area contributed by atoms with Crippen LogP contribution in [-0.4, -0.2) is 56.0 Å². The molecule has 9 nitrogen and oxygen atoms in total. The summed E-state index contributed by atoms with van der Waals surface area (Å²) in [5, 5.41) is 5.68. The molecular weight excluding hydrogens is 450 g/mol. The van der Waals surface area contributed by atoms with Crippen LogP contribution in [0.2, 0.25) is 0 Å². The maximum Gasteiger partial charge on any atom is 0.287 e. The van der Waals surface area contributed by atoms with Gasteiger partial charge in [-0.25, -0.2) is 0 Å². The number of nitrogens with one attached hydrogen (secondary N) is 2. The van der Waals surface area contributed by atoms with Crippen LogP contribution in [-0.2, 0) is 9.59 Å². The first-order valence-corrected chi connectivity index (χ1v) is 11.7. The lowest BCUT2D eigenvalue weighted by Crippen LogP contribution is -2.49. The zero-order chi connectivity index (χ0) is 25.2. The monoisotopic (exact) mass is 483 g/mol. The molecule has 3 amide bonds. The van der Waals surface area contributed by atoms with Crippen molar-refractivity contribution in [3.8, 4) is 11.5 Å². The Bertz CT molecular complexity index is 1010. The van der Waals surface area contributed by atoms with Crippen LogP contribution in [0.4, 0.5) is 0 Å². The van der Waals surface area contributed by atoms with Crippen molar-refractivity contribution in [3.63, 3.8) is 0 Å². The first-order valence-electron chi connectivity index (χ1n) is 11.7. The molecule has 2 aromatic rings. The molecule has 0 unspecified atom stereocenters. The number of ether oxygens (including phenoxy) is 2. The third-order valence-electron chi connectivity index (χ3n) is 6.04. The fourth-order valence-corrected chi connectivity index (χ4v) is 4.26. The Labute approximate surface area is 205 Å². The van der Waals surface area contributed by atoms with E-state index in [9.17, 15) is 14.4 Å². The number of carbonyl (C=O) groups excluding carboxylic acids is 3. The van der Waals surface area contributed by atoms with Crippen molar-refractivity contribution in [2.24, 2.45) is 0 Å². The second-order valence-electron chi connectivity index (χ2n) is 8.35. The van der Waals surface area contributed by atoms with Gasteiger partial charge in [-0.3, -0.25) is 14.4 Å². The zero-order valence-corrected chi connectivity index (χ0v) is 20.2. The van der Waals surface area contributed by atoms with Gasteiger partial charge in [-0.2, -0.15) is 0 Å². The highest BCUT2D eigenvalue weighted by atomic mass is 16.5. The summed E-state index contributed by atoms with van der Waals surface area (Å²) in [7, 11) is 3.04. The first-order chi connectivity index (χ1) is 17.0. The summed E-state index contributed by atoms with van der Waals surface area (Å²) < 4.78 is 15.9. The summed E-state index contributed by atoms with van der Waals surface area (Å²) in [6.07, 6.45) is 7.97. The van der Waals surface area contributed by atoms with E-state index in [4.69, 9.17) is 13.9 Å². The maximum absolute atomic E-state index is 13.7. The molecule has 3 rings (SSSR count). The molecule has 188 valence electrons. The van der Waals surface area contributed by atoms with Gasteiger partial charge in [0.25, 0.3) is 5.91 Å². The molecule has 1 aromatic heterocycles. The highest BCUT2D eigenvalue weighted by Gasteiger charge is 2.34. The Kier molecular flexibility index (Phi) is 9.34. The lowest BCUT2D eigenvalue weighted by atomic mass is 9.94. The van der Waals surface area contributed by atoms with Crippen LogP contribution < -0.4 is 20.1 Å². The standard InChI is InChI=1S/C26H33N3O6/c1-4-14-29(23(30)17-27-25(31)21-11-8-15-35-21)24(26(32)28-18-9-6-5-7-10-18)20-13-12-19(33-2)16-22(20)34-3/h4,8,11-13,15-16,18,24H,1,5-7,9-10,14,17H2,2-3H3,(H,27,31)(H,28,32)/t24-/m0/s1. The Balaban J connectivity index is 1.90. The van der Waals surface area contributed by atoms with Crippen LogP contribution in [0, 0.1) is 0 Å². The van der Waals surface area contributed by atoms with E-state index in [-0.39, 0.29) is 30.8 Å². The van der Waals surface area contributed by atoms with Gasteiger partial charge in [-0.15, -0.1) is 6.58 Å². The number of hydrogen-bond donors (Lipinski definition) is 2. The van der Waals surface area contributed by atoms with E-state index in [1.165, 1.54) is 31.4 Å². The van der Waals surface area contributed by atoms with E-state index in [0.29, 0.717) is 17.1 Å². The quantitative estimate of drug-likeness (QED) is 0.475. The number of hydrogen-bond acceptors (Lipinski definition) is 6. The van der Waals surface area contributed by atoms with Crippen molar-refractivity contribution in [1.82, 2.24) is 15.5 Å². The normalized spacial score (nSPS) is 14.5. The van der Waals surface area contributed by atoms with Gasteiger partial charge in [-0.05, 0) is 37.1 Å². The minimum Gasteiger partial charge on any atom is -0.497 e. The molecule has 1 aliphatic rings. The summed E-state index contributed by atoms with van der Waals surface area (Å²) in [5.41, 5.74) is 0.508. The largest absolute Gasteiger partial charge is 0.497 e. The predicted octanol–water partition coefficient (Wildman–Crippen LogP) is 3.23. The Morgan fingerprint density at radius 2 is 1.94 bits per heavy atom. The van der Waals surface area contributed by atoms with Crippen molar-refractivity contribution >= 4 is 17.7 Å². The molecule has 0 bridgehead atoms. The van der Waals surface area contributed by atoms with Crippen molar-refractivity contribution in [1.29, 1.82) is 0 Å². The SMILES string of the molecule is C=CCN(C(=O)CNC(=O)c1ccco1)[C@H](C(=O)NC1CCCCC1)c1ccc(OC)cc1OC. The number of nitrogens with zero attached hydrogens (tertiary/aromatic N) is 1. The fourth-order valence-electron chi connectivity index (χ4n) is 4.26. The van der Waals surface area contributed by atoms with Crippen LogP contribution in [0.5, 0.6) is 11.5 Å². The molecule has 1 atom stereocenters. The van der Waals surface area contributed by atoms with Crippen molar-refractivity contribution in [2.75, 3.05) is 27.3 Å². The highest BCUT2D eigenvalue weighted by Crippen LogP contribution is 2.33. The number of benzene rings is 1. The van der Waals surface area contributed by atoms with Gasteiger partial charge < -0.3 is 29.4 Å². The van der Waals surface area contributed by atoms with Gasteiger partial charge in [0.05, 0.1) is 27.0 Å². The minimum atomic E-state index is -0.996. The fraction of sp³-hybridized carbons (Fsp3) is 0.423. The highest BCUT2D eigenvalue weighted by molar-refractivity contribution is 5.95. The summed E-state index contributed by atoms with van der Waals surface area (Å²) in [6.45, 7) is 3.53. The second-order valence-corrected chi connectivity index (χ2v) is 8.35. The van der Waals surface area contributed by atoms with Gasteiger partial charge >= 0.3 is 0 Å². The van der Waals surface area contributed by atoms with E-state index in [0.717, 1.165) is 32.1 Å². The molecule has 0 spiro atoms. The van der Waals surface area contributed by atoms with Crippen LogP contribution in [0.1, 0.15) is 54.3 Å². The molecule has 1 saturated carbocycles. The minimum absolute atomic E-state index is 0.0438. The van der Waals surface area contributed by atoms with Gasteiger partial charge in [0, 0.05) is 24.2 Å². The number of methoxy groups -OCH3 is 2. The molecular formula is C26H33N3O6. The van der Waals surface area contributed by atoms with Gasteiger partial charge in [-0.1, -0.05) is 25.3 Å². The molecule has 0 saturated heterocycles. The van der Waals surface area contributed by atoms with E-state index in [2.05, 4.69) is 17.2 Å². The predicted molar refractivity (Wildman–Crippen MR) is 130 cm³/mol. The lowest BCUT2D eigenvalue weighted by Gasteiger charge is -2.33. The Morgan fingerprint density at radius 1 is 1.17 bits per heavy atom. The molecule has 1 aromatic carbocycles. The Hall–Kier alpha value is -3.75. The average Bonchev–Trinajstić information content (AvgIpc) is 3.42. The lowest BCUT2D eigenvalue weighted by molar-refractivity contribution is -0.140. The summed E-state index contributed by atoms with van der Waals surface area (Å²) >= 11 is 0. The molecule has 1 aliphatic carbocycles. The summed E-state index contributed by atoms with van der Waals surface area (Å²) in [6, 6.07) is 7.24. The molecule has 2 N–H and O–H groups in total. The van der Waals surface area contributed by atoms with Crippen molar-refractivity contribution < 1.29 is 28.3 Å². The molecule has 0 radical (unpaired) electrons. The van der Waals surface area contributed by atoms with E-state index < -0.39 is 17.9 Å². The number of rotatable bonds is 11. The smallest absolute Gasteiger partial charge is 0.287 e. The molecule has 1 fully saturated rings. The molecule has 1 heterocycles. The Morgan fingerprint density at radius 3 is 2.57 bits per heavy atom. The van der Waals surface area contributed by atoms with Crippen LogP contribution >= 0.6 is 0 Å². The van der Waals surface area contributed by atoms with Crippen LogP contribution in [0.25, 0.3) is 0 Å². The van der Waals surface area contributed by atoms with Crippen LogP contribution in [0.15, 0.2) is 53.7 Å². The summed E-state index contributed by atoms with van der Waals surface area (Å²) in [5.74, 6) is -0.220. The molecule has 35 heavy (non-hydrogen) atoms. The molecule has 0 aliphatic heterocycles. The average molecular weight is 484 g/mol. The van der Waals surface area contributed by atoms with E-state index in [1.54, 1.807) is 30.3 Å². The van der Waals surface area contributed by atoms with Crippen molar-refractivity contribution in [2.45, 2.75) is 44.2 Å². The number of carbonyl (C=O) groups is 3. The van der Waals surface area contributed by atoms with Crippen LogP contribution in [0.3, 0.4) is 0 Å². The van der Waals surface area contributed by atoms with E-state index >= 15 is 0 Å². The third kappa shape index (κ3) is 6.65.